The molecule has 0 amide bonds. The number of halogens is 6. The molecule has 2 atom stereocenters. The van der Waals surface area contributed by atoms with E-state index in [2.05, 4.69) is 9.47 Å². The second-order valence-electron chi connectivity index (χ2n) is 3.14. The Kier molecular flexibility index (Phi) is 3.49. The van der Waals surface area contributed by atoms with E-state index in [0.29, 0.717) is 6.61 Å². The van der Waals surface area contributed by atoms with Crippen molar-refractivity contribution < 1.29 is 35.8 Å². The van der Waals surface area contributed by atoms with E-state index in [-0.39, 0.29) is 12.7 Å². The zero-order valence-electron chi connectivity index (χ0n) is 7.36. The van der Waals surface area contributed by atoms with Gasteiger partial charge in [0.05, 0.1) is 13.2 Å². The van der Waals surface area contributed by atoms with Crippen LogP contribution >= 0.6 is 0 Å². The molecule has 1 rings (SSSR count). The molecule has 0 aliphatic carbocycles. The highest BCUT2D eigenvalue weighted by Gasteiger charge is 2.56. The van der Waals surface area contributed by atoms with Gasteiger partial charge in [0.2, 0.25) is 0 Å². The molecular formula is C7H8F6O2. The van der Waals surface area contributed by atoms with E-state index in [9.17, 15) is 26.3 Å². The van der Waals surface area contributed by atoms with E-state index in [0.717, 1.165) is 0 Å². The van der Waals surface area contributed by atoms with Gasteiger partial charge in [-0.2, -0.15) is 13.2 Å². The molecule has 0 unspecified atom stereocenters. The Labute approximate surface area is 81.1 Å². The molecular weight excluding hydrogens is 230 g/mol. The third-order valence-corrected chi connectivity index (χ3v) is 1.66. The minimum Gasteiger partial charge on any atom is -0.372 e. The van der Waals surface area contributed by atoms with E-state index < -0.39 is 24.9 Å². The van der Waals surface area contributed by atoms with E-state index in [1.54, 1.807) is 0 Å². The Balaban J connectivity index is 2.34. The lowest BCUT2D eigenvalue weighted by molar-refractivity contribution is -0.255. The third-order valence-electron chi connectivity index (χ3n) is 1.66. The van der Waals surface area contributed by atoms with Gasteiger partial charge in [-0.3, -0.25) is 0 Å². The average molecular weight is 238 g/mol. The predicted molar refractivity (Wildman–Crippen MR) is 36.5 cm³/mol. The lowest BCUT2D eigenvalue weighted by atomic mass is 10.2. The molecule has 1 fully saturated rings. The van der Waals surface area contributed by atoms with Gasteiger partial charge in [-0.15, -0.1) is 0 Å². The van der Waals surface area contributed by atoms with Crippen LogP contribution in [0, 0.1) is 0 Å². The van der Waals surface area contributed by atoms with Crippen molar-refractivity contribution in [3.63, 3.8) is 0 Å². The van der Waals surface area contributed by atoms with Crippen molar-refractivity contribution in [2.75, 3.05) is 19.8 Å². The quantitative estimate of drug-likeness (QED) is 0.539. The molecule has 90 valence electrons. The topological polar surface area (TPSA) is 21.8 Å². The van der Waals surface area contributed by atoms with Crippen molar-refractivity contribution in [1.82, 2.24) is 0 Å². The van der Waals surface area contributed by atoms with E-state index >= 15 is 0 Å². The maximum absolute atomic E-state index is 12.5. The Morgan fingerprint density at radius 3 is 2.20 bits per heavy atom. The largest absolute Gasteiger partial charge is 0.425 e. The maximum atomic E-state index is 12.5. The zero-order valence-corrected chi connectivity index (χ0v) is 7.36. The fraction of sp³-hybridized carbons (Fsp3) is 1.00. The molecule has 15 heavy (non-hydrogen) atoms. The Bertz CT molecular complexity index is 212. The highest BCUT2D eigenvalue weighted by Crippen LogP contribution is 2.35. The standard InChI is InChI=1S/C7H8F6O2/c8-5(7(11,12)13)6(9,10)3-14-1-4-2-15-4/h4-5H,1-3H2/t4-,5-/m1/s1. The summed E-state index contributed by atoms with van der Waals surface area (Å²) in [4.78, 5) is 0. The van der Waals surface area contributed by atoms with Crippen LogP contribution in [0.2, 0.25) is 0 Å². The first-order chi connectivity index (χ1) is 6.73. The van der Waals surface area contributed by atoms with Crippen LogP contribution in [0.15, 0.2) is 0 Å². The van der Waals surface area contributed by atoms with Gasteiger partial charge < -0.3 is 9.47 Å². The van der Waals surface area contributed by atoms with Gasteiger partial charge in [-0.25, -0.2) is 13.2 Å². The van der Waals surface area contributed by atoms with Crippen LogP contribution in [0.3, 0.4) is 0 Å². The summed E-state index contributed by atoms with van der Waals surface area (Å²) in [5.74, 6) is -4.56. The van der Waals surface area contributed by atoms with Gasteiger partial charge in [0.25, 0.3) is 6.17 Å². The fourth-order valence-electron chi connectivity index (χ4n) is 0.803. The van der Waals surface area contributed by atoms with Crippen molar-refractivity contribution in [2.45, 2.75) is 24.4 Å². The van der Waals surface area contributed by atoms with Crippen molar-refractivity contribution in [3.8, 4) is 0 Å². The Morgan fingerprint density at radius 1 is 1.27 bits per heavy atom. The van der Waals surface area contributed by atoms with Gasteiger partial charge in [0.1, 0.15) is 12.7 Å². The molecule has 1 aliphatic heterocycles. The number of alkyl halides is 6. The van der Waals surface area contributed by atoms with Crippen LogP contribution < -0.4 is 0 Å². The maximum Gasteiger partial charge on any atom is 0.425 e. The molecule has 0 radical (unpaired) electrons. The van der Waals surface area contributed by atoms with Crippen LogP contribution in [0.25, 0.3) is 0 Å². The minimum absolute atomic E-state index is 0.250. The molecule has 8 heteroatoms. The summed E-state index contributed by atoms with van der Waals surface area (Å²) in [6.07, 6.45) is -10.1. The van der Waals surface area contributed by atoms with Gasteiger partial charge in [0.15, 0.2) is 0 Å². The highest BCUT2D eigenvalue weighted by atomic mass is 19.4. The molecule has 2 nitrogen and oxygen atoms in total. The van der Waals surface area contributed by atoms with Crippen LogP contribution in [0.1, 0.15) is 0 Å². The molecule has 0 bridgehead atoms. The summed E-state index contributed by atoms with van der Waals surface area (Å²) < 4.78 is 80.9. The summed E-state index contributed by atoms with van der Waals surface area (Å²) in [6, 6.07) is 0. The predicted octanol–water partition coefficient (Wildman–Crippen LogP) is 1.94. The summed E-state index contributed by atoms with van der Waals surface area (Å²) >= 11 is 0. The summed E-state index contributed by atoms with van der Waals surface area (Å²) in [7, 11) is 0. The first-order valence-corrected chi connectivity index (χ1v) is 4.01. The summed E-state index contributed by atoms with van der Waals surface area (Å²) in [5, 5.41) is 0. The monoisotopic (exact) mass is 238 g/mol. The minimum atomic E-state index is -5.58. The molecule has 0 aromatic carbocycles. The Morgan fingerprint density at radius 2 is 1.80 bits per heavy atom. The number of epoxide rings is 1. The van der Waals surface area contributed by atoms with Crippen LogP contribution in [-0.2, 0) is 9.47 Å². The first kappa shape index (κ1) is 12.6. The molecule has 1 heterocycles. The fourth-order valence-corrected chi connectivity index (χ4v) is 0.803. The van der Waals surface area contributed by atoms with Crippen LogP contribution in [0.5, 0.6) is 0 Å². The van der Waals surface area contributed by atoms with Crippen molar-refractivity contribution in [2.24, 2.45) is 0 Å². The number of ether oxygens (including phenoxy) is 2. The third kappa shape index (κ3) is 3.86. The number of hydrogen-bond donors (Lipinski definition) is 0. The van der Waals surface area contributed by atoms with Crippen LogP contribution in [-0.4, -0.2) is 44.2 Å². The van der Waals surface area contributed by atoms with Crippen molar-refractivity contribution in [1.29, 1.82) is 0 Å². The van der Waals surface area contributed by atoms with Crippen molar-refractivity contribution in [3.05, 3.63) is 0 Å². The van der Waals surface area contributed by atoms with E-state index in [4.69, 9.17) is 0 Å². The number of hydrogen-bond acceptors (Lipinski definition) is 2. The Hall–Kier alpha value is -0.500. The van der Waals surface area contributed by atoms with Crippen molar-refractivity contribution >= 4 is 0 Å². The smallest absolute Gasteiger partial charge is 0.372 e. The van der Waals surface area contributed by atoms with E-state index in [1.807, 2.05) is 0 Å². The first-order valence-electron chi connectivity index (χ1n) is 4.01. The lowest BCUT2D eigenvalue weighted by Gasteiger charge is -2.22. The number of rotatable bonds is 5. The zero-order chi connectivity index (χ0) is 11.7. The van der Waals surface area contributed by atoms with E-state index in [1.165, 1.54) is 0 Å². The second kappa shape index (κ2) is 4.17. The van der Waals surface area contributed by atoms with Gasteiger partial charge in [0, 0.05) is 0 Å². The molecule has 1 saturated heterocycles. The SMILES string of the molecule is F[C@@H](C(F)(F)F)C(F)(F)COC[C@@H]1CO1. The van der Waals surface area contributed by atoms with Crippen LogP contribution in [0.4, 0.5) is 26.3 Å². The molecule has 0 aromatic rings. The molecule has 1 aliphatic rings. The second-order valence-corrected chi connectivity index (χ2v) is 3.14. The van der Waals surface area contributed by atoms with Gasteiger partial charge in [-0.05, 0) is 0 Å². The lowest BCUT2D eigenvalue weighted by Crippen LogP contribution is -2.44. The molecule has 0 aromatic heterocycles. The average Bonchev–Trinajstić information content (AvgIpc) is 2.85. The highest BCUT2D eigenvalue weighted by molar-refractivity contribution is 4.83. The normalized spacial score (nSPS) is 24.0. The molecule has 0 saturated carbocycles. The molecule has 0 spiro atoms. The van der Waals surface area contributed by atoms with Gasteiger partial charge in [-0.1, -0.05) is 0 Å². The van der Waals surface area contributed by atoms with Gasteiger partial charge >= 0.3 is 12.1 Å². The molecule has 0 N–H and O–H groups in total. The summed E-state index contributed by atoms with van der Waals surface area (Å²) in [6.45, 7) is -1.53. The summed E-state index contributed by atoms with van der Waals surface area (Å²) in [5.41, 5.74) is 0.